The van der Waals surface area contributed by atoms with Crippen LogP contribution < -0.4 is 5.32 Å². The summed E-state index contributed by atoms with van der Waals surface area (Å²) in [5, 5.41) is 16.2. The van der Waals surface area contributed by atoms with E-state index in [4.69, 9.17) is 9.72 Å². The number of aryl methyl sites for hydroxylation is 2. The van der Waals surface area contributed by atoms with Gasteiger partial charge in [0.15, 0.2) is 0 Å². The van der Waals surface area contributed by atoms with E-state index >= 15 is 0 Å². The van der Waals surface area contributed by atoms with Crippen molar-refractivity contribution in [3.05, 3.63) is 32.8 Å². The van der Waals surface area contributed by atoms with Gasteiger partial charge >= 0.3 is 6.16 Å². The van der Waals surface area contributed by atoms with E-state index in [-0.39, 0.29) is 17.7 Å². The fraction of sp³-hybridized carbons (Fsp3) is 0.500. The van der Waals surface area contributed by atoms with Crippen LogP contribution in [0.2, 0.25) is 0 Å². The van der Waals surface area contributed by atoms with E-state index in [9.17, 15) is 14.7 Å². The van der Waals surface area contributed by atoms with Crippen molar-refractivity contribution in [2.45, 2.75) is 58.3 Å². The quantitative estimate of drug-likeness (QED) is 0.585. The lowest BCUT2D eigenvalue weighted by atomic mass is 9.70. The molecule has 1 amide bonds. The van der Waals surface area contributed by atoms with Gasteiger partial charge in [-0.05, 0) is 69.8 Å². The van der Waals surface area contributed by atoms with Crippen LogP contribution in [-0.4, -0.2) is 22.2 Å². The number of carbonyl (C=O) groups is 2. The highest BCUT2D eigenvalue weighted by molar-refractivity contribution is 7.18. The van der Waals surface area contributed by atoms with Gasteiger partial charge in [-0.25, -0.2) is 9.78 Å². The van der Waals surface area contributed by atoms with Gasteiger partial charge in [0.1, 0.15) is 15.8 Å². The van der Waals surface area contributed by atoms with Gasteiger partial charge in [-0.15, -0.1) is 22.7 Å². The molecule has 0 atom stereocenters. The Morgan fingerprint density at radius 3 is 2.60 bits per heavy atom. The van der Waals surface area contributed by atoms with Crippen LogP contribution in [0, 0.1) is 18.8 Å². The van der Waals surface area contributed by atoms with Crippen molar-refractivity contribution in [1.82, 2.24) is 4.98 Å². The highest BCUT2D eigenvalue weighted by atomic mass is 32.1. The summed E-state index contributed by atoms with van der Waals surface area (Å²) in [5.41, 5.74) is 3.89. The molecule has 0 saturated heterocycles. The summed E-state index contributed by atoms with van der Waals surface area (Å²) in [4.78, 5) is 30.7. The van der Waals surface area contributed by atoms with Crippen molar-refractivity contribution < 1.29 is 19.4 Å². The van der Waals surface area contributed by atoms with Crippen LogP contribution in [-0.2, 0) is 22.4 Å². The molecule has 2 heterocycles. The number of nitrogens with one attached hydrogen (secondary N) is 1. The molecule has 2 aromatic heterocycles. The summed E-state index contributed by atoms with van der Waals surface area (Å²) >= 11 is 3.26. The zero-order valence-electron chi connectivity index (χ0n) is 16.8. The number of fused-ring (bicyclic) bond motifs is 3. The van der Waals surface area contributed by atoms with Crippen LogP contribution in [0.5, 0.6) is 0 Å². The van der Waals surface area contributed by atoms with Crippen LogP contribution in [0.4, 0.5) is 9.80 Å². The van der Waals surface area contributed by atoms with Crippen LogP contribution >= 0.6 is 22.7 Å². The zero-order chi connectivity index (χ0) is 20.8. The first-order chi connectivity index (χ1) is 14.5. The molecule has 2 N–H and O–H groups in total. The number of carboxylic acid groups (broad SMARTS) is 1. The largest absolute Gasteiger partial charge is 0.511 e. The van der Waals surface area contributed by atoms with Gasteiger partial charge in [-0.3, -0.25) is 4.79 Å². The molecule has 0 unspecified atom stereocenters. The smallest absolute Gasteiger partial charge is 0.449 e. The van der Waals surface area contributed by atoms with Gasteiger partial charge in [0.2, 0.25) is 0 Å². The number of carbonyl (C=O) groups excluding carboxylic acids is 1. The predicted octanol–water partition coefficient (Wildman–Crippen LogP) is 5.77. The molecule has 2 aromatic rings. The Morgan fingerprint density at radius 2 is 1.90 bits per heavy atom. The van der Waals surface area contributed by atoms with Crippen LogP contribution in [0.3, 0.4) is 0 Å². The lowest BCUT2D eigenvalue weighted by Gasteiger charge is -2.37. The molecule has 0 radical (unpaired) electrons. The summed E-state index contributed by atoms with van der Waals surface area (Å²) in [6, 6.07) is 0. The Labute approximate surface area is 183 Å². The molecule has 30 heavy (non-hydrogen) atoms. The van der Waals surface area contributed by atoms with Crippen LogP contribution in [0.15, 0.2) is 16.7 Å². The Kier molecular flexibility index (Phi) is 5.14. The number of thiazole rings is 1. The first kappa shape index (κ1) is 19.8. The minimum Gasteiger partial charge on any atom is -0.449 e. The van der Waals surface area contributed by atoms with Gasteiger partial charge in [0, 0.05) is 27.4 Å². The van der Waals surface area contributed by atoms with Crippen molar-refractivity contribution in [1.29, 1.82) is 0 Å². The van der Waals surface area contributed by atoms with E-state index in [1.807, 2.05) is 12.3 Å². The van der Waals surface area contributed by atoms with Crippen molar-refractivity contribution in [3.8, 4) is 10.6 Å². The number of amides is 1. The maximum atomic E-state index is 13.4. The molecule has 8 heteroatoms. The van der Waals surface area contributed by atoms with Crippen LogP contribution in [0.1, 0.15) is 54.7 Å². The number of hydrogen-bond donors (Lipinski definition) is 2. The van der Waals surface area contributed by atoms with Crippen molar-refractivity contribution in [2.24, 2.45) is 11.8 Å². The third-order valence-electron chi connectivity index (χ3n) is 6.44. The van der Waals surface area contributed by atoms with Crippen molar-refractivity contribution in [3.63, 3.8) is 0 Å². The average molecular weight is 445 g/mol. The molecule has 4 aliphatic carbocycles. The molecule has 158 valence electrons. The Balaban J connectivity index is 1.53. The molecule has 6 rings (SSSR count). The number of allylic oxidation sites excluding steroid dienone is 1. The molecule has 1 fully saturated rings. The number of ether oxygens (including phenoxy) is 1. The predicted molar refractivity (Wildman–Crippen MR) is 117 cm³/mol. The first-order valence-corrected chi connectivity index (χ1v) is 12.2. The number of aromatic nitrogens is 1. The molecule has 2 bridgehead atoms. The molecule has 1 saturated carbocycles. The Bertz CT molecular complexity index is 1040. The number of nitrogens with zero attached hydrogens (tertiary/aromatic N) is 1. The fourth-order valence-electron chi connectivity index (χ4n) is 5.11. The number of hydrogen-bond acceptors (Lipinski definition) is 6. The lowest BCUT2D eigenvalue weighted by Crippen LogP contribution is -2.34. The van der Waals surface area contributed by atoms with Crippen molar-refractivity contribution in [2.75, 3.05) is 5.32 Å². The molecule has 6 nitrogen and oxygen atoms in total. The van der Waals surface area contributed by atoms with E-state index in [1.165, 1.54) is 16.9 Å². The topological polar surface area (TPSA) is 88.5 Å². The minimum absolute atomic E-state index is 0.0319. The van der Waals surface area contributed by atoms with Gasteiger partial charge in [-0.1, -0.05) is 0 Å². The van der Waals surface area contributed by atoms with E-state index in [1.54, 1.807) is 22.7 Å². The molecule has 0 aliphatic heterocycles. The van der Waals surface area contributed by atoms with Crippen LogP contribution in [0.25, 0.3) is 10.6 Å². The summed E-state index contributed by atoms with van der Waals surface area (Å²) in [6.07, 6.45) is 6.64. The normalized spacial score (nSPS) is 22.7. The maximum absolute atomic E-state index is 13.4. The van der Waals surface area contributed by atoms with Gasteiger partial charge < -0.3 is 15.2 Å². The van der Waals surface area contributed by atoms with Crippen molar-refractivity contribution >= 4 is 39.7 Å². The SMILES string of the molecule is Cc1csc(-c2c(NC(=O)C3=C(OC(=O)O)C4CCC3CC4)sc3c2CCCC3)n1. The third kappa shape index (κ3) is 3.46. The molecule has 0 spiro atoms. The minimum atomic E-state index is -1.34. The van der Waals surface area contributed by atoms with E-state index in [0.717, 1.165) is 66.2 Å². The first-order valence-electron chi connectivity index (χ1n) is 10.5. The van der Waals surface area contributed by atoms with Gasteiger partial charge in [0.25, 0.3) is 5.91 Å². The monoisotopic (exact) mass is 444 g/mol. The summed E-state index contributed by atoms with van der Waals surface area (Å²) < 4.78 is 5.12. The molecular formula is C22H24N2O4S2. The standard InChI is InChI=1S/C22H24N2O4S2/c1-11-10-29-20(23-11)17-14-4-2-3-5-15(14)30-21(17)24-19(25)16-12-6-8-13(9-7-12)18(16)28-22(26)27/h10,12-13H,2-9H2,1H3,(H,24,25)(H,26,27). The second kappa shape index (κ2) is 7.81. The number of thiophene rings is 1. The highest BCUT2D eigenvalue weighted by Crippen LogP contribution is 2.48. The molecule has 0 aromatic carbocycles. The second-order valence-electron chi connectivity index (χ2n) is 8.36. The second-order valence-corrected chi connectivity index (χ2v) is 10.3. The third-order valence-corrected chi connectivity index (χ3v) is 8.63. The Morgan fingerprint density at radius 1 is 1.17 bits per heavy atom. The highest BCUT2D eigenvalue weighted by Gasteiger charge is 2.41. The summed E-state index contributed by atoms with van der Waals surface area (Å²) in [7, 11) is 0. The molecular weight excluding hydrogens is 420 g/mol. The van der Waals surface area contributed by atoms with E-state index < -0.39 is 6.16 Å². The fourth-order valence-corrected chi connectivity index (χ4v) is 7.34. The van der Waals surface area contributed by atoms with Gasteiger partial charge in [0.05, 0.1) is 5.57 Å². The van der Waals surface area contributed by atoms with E-state index in [0.29, 0.717) is 11.3 Å². The number of anilines is 1. The number of rotatable bonds is 4. The molecule has 4 aliphatic rings. The lowest BCUT2D eigenvalue weighted by molar-refractivity contribution is -0.114. The zero-order valence-corrected chi connectivity index (χ0v) is 18.5. The summed E-state index contributed by atoms with van der Waals surface area (Å²) in [5.74, 6) is 0.262. The average Bonchev–Trinajstić information content (AvgIpc) is 3.30. The maximum Gasteiger partial charge on any atom is 0.511 e. The van der Waals surface area contributed by atoms with Gasteiger partial charge in [-0.2, -0.15) is 0 Å². The van der Waals surface area contributed by atoms with E-state index in [2.05, 4.69) is 5.32 Å². The summed E-state index contributed by atoms with van der Waals surface area (Å²) in [6.45, 7) is 1.98. The Hall–Kier alpha value is -2.19.